The van der Waals surface area contributed by atoms with Crippen LogP contribution in [0, 0.1) is 6.92 Å². The Morgan fingerprint density at radius 2 is 2.33 bits per heavy atom. The van der Waals surface area contributed by atoms with Crippen LogP contribution in [0.25, 0.3) is 5.65 Å². The van der Waals surface area contributed by atoms with Gasteiger partial charge in [-0.1, -0.05) is 0 Å². The minimum Gasteiger partial charge on any atom is -0.325 e. The molecule has 0 radical (unpaired) electrons. The summed E-state index contributed by atoms with van der Waals surface area (Å²) in [6.07, 6.45) is 1.75. The molecule has 0 aliphatic heterocycles. The lowest BCUT2D eigenvalue weighted by Gasteiger charge is -1.97. The van der Waals surface area contributed by atoms with Crippen molar-refractivity contribution < 1.29 is 0 Å². The number of nitrogens with zero attached hydrogens (tertiary/aromatic N) is 3. The van der Waals surface area contributed by atoms with Gasteiger partial charge in [0.2, 0.25) is 0 Å². The Kier molecular flexibility index (Phi) is 1.55. The minimum absolute atomic E-state index is 0.470. The van der Waals surface area contributed by atoms with Crippen LogP contribution in [0.2, 0.25) is 0 Å². The molecule has 62 valence electrons. The molecule has 0 spiro atoms. The summed E-state index contributed by atoms with van der Waals surface area (Å²) in [4.78, 5) is 4.15. The van der Waals surface area contributed by atoms with Crippen LogP contribution in [0.5, 0.6) is 0 Å². The average molecular weight is 162 g/mol. The van der Waals surface area contributed by atoms with E-state index in [-0.39, 0.29) is 0 Å². The van der Waals surface area contributed by atoms with E-state index in [1.165, 1.54) is 0 Å². The largest absolute Gasteiger partial charge is 0.325 e. The number of aryl methyl sites for hydroxylation is 1. The monoisotopic (exact) mass is 162 g/mol. The lowest BCUT2D eigenvalue weighted by Crippen LogP contribution is -2.03. The van der Waals surface area contributed by atoms with Gasteiger partial charge in [0, 0.05) is 6.54 Å². The van der Waals surface area contributed by atoms with Crippen LogP contribution in [0.3, 0.4) is 0 Å². The first-order chi connectivity index (χ1) is 5.81. The molecule has 0 bridgehead atoms. The van der Waals surface area contributed by atoms with Crippen LogP contribution in [0.15, 0.2) is 18.3 Å². The van der Waals surface area contributed by atoms with E-state index in [1.54, 1.807) is 10.7 Å². The molecule has 0 saturated heterocycles. The number of hydrogen-bond donors (Lipinski definition) is 1. The second-order valence-electron chi connectivity index (χ2n) is 2.70. The molecule has 0 amide bonds. The highest BCUT2D eigenvalue weighted by molar-refractivity contribution is 5.38. The van der Waals surface area contributed by atoms with Crippen molar-refractivity contribution in [2.24, 2.45) is 5.73 Å². The van der Waals surface area contributed by atoms with Gasteiger partial charge in [0.15, 0.2) is 5.65 Å². The SMILES string of the molecule is Cc1ccc2ncc(CN)n2n1. The van der Waals surface area contributed by atoms with E-state index in [0.29, 0.717) is 6.54 Å². The zero-order chi connectivity index (χ0) is 8.55. The summed E-state index contributed by atoms with van der Waals surface area (Å²) in [7, 11) is 0. The molecule has 0 aromatic carbocycles. The number of nitrogens with two attached hydrogens (primary N) is 1. The van der Waals surface area contributed by atoms with Gasteiger partial charge in [0.05, 0.1) is 17.6 Å². The van der Waals surface area contributed by atoms with Gasteiger partial charge in [-0.3, -0.25) is 0 Å². The quantitative estimate of drug-likeness (QED) is 0.664. The fraction of sp³-hybridized carbons (Fsp3) is 0.250. The smallest absolute Gasteiger partial charge is 0.153 e. The topological polar surface area (TPSA) is 56.2 Å². The highest BCUT2D eigenvalue weighted by Gasteiger charge is 2.00. The third-order valence-corrected chi connectivity index (χ3v) is 1.78. The lowest BCUT2D eigenvalue weighted by molar-refractivity contribution is 0.826. The molecule has 2 aromatic heterocycles. The summed E-state index contributed by atoms with van der Waals surface area (Å²) in [5.74, 6) is 0. The van der Waals surface area contributed by atoms with Gasteiger partial charge < -0.3 is 5.73 Å². The molecule has 0 aliphatic carbocycles. The zero-order valence-corrected chi connectivity index (χ0v) is 6.86. The van der Waals surface area contributed by atoms with Crippen LogP contribution in [0.4, 0.5) is 0 Å². The molecule has 0 fully saturated rings. The second-order valence-corrected chi connectivity index (χ2v) is 2.70. The Morgan fingerprint density at radius 1 is 1.50 bits per heavy atom. The third kappa shape index (κ3) is 0.967. The van der Waals surface area contributed by atoms with Gasteiger partial charge >= 0.3 is 0 Å². The standard InChI is InChI=1S/C8H10N4/c1-6-2-3-8-10-5-7(4-9)12(8)11-6/h2-3,5H,4,9H2,1H3. The fourth-order valence-corrected chi connectivity index (χ4v) is 1.15. The summed E-state index contributed by atoms with van der Waals surface area (Å²) in [5, 5.41) is 4.28. The van der Waals surface area contributed by atoms with Crippen molar-refractivity contribution >= 4 is 5.65 Å². The maximum absolute atomic E-state index is 5.51. The molecule has 4 heteroatoms. The molecular formula is C8H10N4. The van der Waals surface area contributed by atoms with Crippen LogP contribution >= 0.6 is 0 Å². The second kappa shape index (κ2) is 2.57. The molecule has 2 aromatic rings. The summed E-state index contributed by atoms with van der Waals surface area (Å²) in [5.41, 5.74) is 8.26. The van der Waals surface area contributed by atoms with E-state index in [0.717, 1.165) is 17.0 Å². The average Bonchev–Trinajstić information content (AvgIpc) is 2.46. The Bertz CT molecular complexity index is 404. The van der Waals surface area contributed by atoms with Gasteiger partial charge in [0.25, 0.3) is 0 Å². The maximum Gasteiger partial charge on any atom is 0.153 e. The van der Waals surface area contributed by atoms with Crippen molar-refractivity contribution in [1.29, 1.82) is 0 Å². The van der Waals surface area contributed by atoms with Crippen LogP contribution in [-0.2, 0) is 6.54 Å². The van der Waals surface area contributed by atoms with Crippen molar-refractivity contribution in [3.05, 3.63) is 29.7 Å². The van der Waals surface area contributed by atoms with Crippen LogP contribution < -0.4 is 5.73 Å². The molecular weight excluding hydrogens is 152 g/mol. The van der Waals surface area contributed by atoms with E-state index in [2.05, 4.69) is 10.1 Å². The third-order valence-electron chi connectivity index (χ3n) is 1.78. The zero-order valence-electron chi connectivity index (χ0n) is 6.86. The van der Waals surface area contributed by atoms with Crippen molar-refractivity contribution in [3.8, 4) is 0 Å². The highest BCUT2D eigenvalue weighted by atomic mass is 15.3. The first kappa shape index (κ1) is 7.24. The molecule has 4 nitrogen and oxygen atoms in total. The number of hydrogen-bond acceptors (Lipinski definition) is 3. The number of aromatic nitrogens is 3. The van der Waals surface area contributed by atoms with E-state index >= 15 is 0 Å². The molecule has 12 heavy (non-hydrogen) atoms. The number of fused-ring (bicyclic) bond motifs is 1. The van der Waals surface area contributed by atoms with E-state index in [4.69, 9.17) is 5.73 Å². The predicted octanol–water partition coefficient (Wildman–Crippen LogP) is 0.496. The number of rotatable bonds is 1. The van der Waals surface area contributed by atoms with E-state index in [1.807, 2.05) is 19.1 Å². The Hall–Kier alpha value is -1.42. The van der Waals surface area contributed by atoms with Gasteiger partial charge in [-0.25, -0.2) is 9.50 Å². The molecule has 0 unspecified atom stereocenters. The van der Waals surface area contributed by atoms with Gasteiger partial charge in [-0.15, -0.1) is 0 Å². The summed E-state index contributed by atoms with van der Waals surface area (Å²) in [6.45, 7) is 2.41. The maximum atomic E-state index is 5.51. The van der Waals surface area contributed by atoms with Crippen molar-refractivity contribution in [3.63, 3.8) is 0 Å². The minimum atomic E-state index is 0.470. The first-order valence-electron chi connectivity index (χ1n) is 3.81. The Labute approximate surface area is 70.0 Å². The molecule has 0 aliphatic rings. The van der Waals surface area contributed by atoms with Crippen molar-refractivity contribution in [2.45, 2.75) is 13.5 Å². The van der Waals surface area contributed by atoms with E-state index in [9.17, 15) is 0 Å². The molecule has 0 atom stereocenters. The van der Waals surface area contributed by atoms with Crippen LogP contribution in [0.1, 0.15) is 11.4 Å². The highest BCUT2D eigenvalue weighted by Crippen LogP contribution is 2.04. The summed E-state index contributed by atoms with van der Waals surface area (Å²) in [6, 6.07) is 3.87. The fourth-order valence-electron chi connectivity index (χ4n) is 1.15. The number of imidazole rings is 1. The van der Waals surface area contributed by atoms with Gasteiger partial charge in [-0.05, 0) is 19.1 Å². The normalized spacial score (nSPS) is 10.8. The Balaban J connectivity index is 2.75. The molecule has 2 N–H and O–H groups in total. The molecule has 2 heterocycles. The van der Waals surface area contributed by atoms with Crippen molar-refractivity contribution in [1.82, 2.24) is 14.6 Å². The van der Waals surface area contributed by atoms with Gasteiger partial charge in [0.1, 0.15) is 0 Å². The molecule has 0 saturated carbocycles. The van der Waals surface area contributed by atoms with Crippen molar-refractivity contribution in [2.75, 3.05) is 0 Å². The Morgan fingerprint density at radius 3 is 3.08 bits per heavy atom. The predicted molar refractivity (Wildman–Crippen MR) is 45.6 cm³/mol. The summed E-state index contributed by atoms with van der Waals surface area (Å²) < 4.78 is 1.77. The lowest BCUT2D eigenvalue weighted by atomic mass is 10.4. The summed E-state index contributed by atoms with van der Waals surface area (Å²) >= 11 is 0. The van der Waals surface area contributed by atoms with E-state index < -0.39 is 0 Å². The van der Waals surface area contributed by atoms with Gasteiger partial charge in [-0.2, -0.15) is 5.10 Å². The molecule has 2 rings (SSSR count). The van der Waals surface area contributed by atoms with Crippen LogP contribution in [-0.4, -0.2) is 14.6 Å². The first-order valence-corrected chi connectivity index (χ1v) is 3.81.